The summed E-state index contributed by atoms with van der Waals surface area (Å²) < 4.78 is 0. The average Bonchev–Trinajstić information content (AvgIpc) is 2.59. The van der Waals surface area contributed by atoms with Crippen LogP contribution in [0.2, 0.25) is 0 Å². The summed E-state index contributed by atoms with van der Waals surface area (Å²) in [5.41, 5.74) is 1.44. The summed E-state index contributed by atoms with van der Waals surface area (Å²) in [4.78, 5) is 0. The SMILES string of the molecule is CCCNC(CC)c1ccsc1. The van der Waals surface area contributed by atoms with Gasteiger partial charge in [-0.1, -0.05) is 13.8 Å². The molecule has 1 aromatic heterocycles. The Hall–Kier alpha value is -0.340. The monoisotopic (exact) mass is 183 g/mol. The van der Waals surface area contributed by atoms with Crippen molar-refractivity contribution >= 4 is 11.3 Å². The standard InChI is InChI=1S/C10H17NS/c1-3-6-11-10(4-2)9-5-7-12-8-9/h5,7-8,10-11H,3-4,6H2,1-2H3. The van der Waals surface area contributed by atoms with Gasteiger partial charge in [0.25, 0.3) is 0 Å². The molecule has 0 aliphatic carbocycles. The normalized spacial score (nSPS) is 13.2. The molecule has 0 spiro atoms. The molecule has 1 heterocycles. The van der Waals surface area contributed by atoms with Crippen LogP contribution in [0.1, 0.15) is 38.3 Å². The largest absolute Gasteiger partial charge is 0.310 e. The van der Waals surface area contributed by atoms with Gasteiger partial charge in [0.15, 0.2) is 0 Å². The second-order valence-corrected chi connectivity index (χ2v) is 3.75. The average molecular weight is 183 g/mol. The Balaban J connectivity index is 2.45. The zero-order chi connectivity index (χ0) is 8.81. The fourth-order valence-corrected chi connectivity index (χ4v) is 2.00. The summed E-state index contributed by atoms with van der Waals surface area (Å²) in [7, 11) is 0. The summed E-state index contributed by atoms with van der Waals surface area (Å²) in [6.45, 7) is 5.55. The van der Waals surface area contributed by atoms with Crippen molar-refractivity contribution in [3.63, 3.8) is 0 Å². The number of rotatable bonds is 5. The Morgan fingerprint density at radius 2 is 2.33 bits per heavy atom. The third kappa shape index (κ3) is 2.61. The summed E-state index contributed by atoms with van der Waals surface area (Å²) in [6.07, 6.45) is 2.39. The number of nitrogens with one attached hydrogen (secondary N) is 1. The topological polar surface area (TPSA) is 12.0 Å². The Bertz CT molecular complexity index is 194. The van der Waals surface area contributed by atoms with Crippen LogP contribution in [0.15, 0.2) is 16.8 Å². The minimum absolute atomic E-state index is 0.566. The summed E-state index contributed by atoms with van der Waals surface area (Å²) >= 11 is 1.78. The van der Waals surface area contributed by atoms with E-state index in [0.29, 0.717) is 6.04 Å². The van der Waals surface area contributed by atoms with Crippen LogP contribution < -0.4 is 5.32 Å². The molecule has 1 N–H and O–H groups in total. The number of thiophene rings is 1. The molecule has 68 valence electrons. The molecule has 0 aromatic carbocycles. The molecule has 0 radical (unpaired) electrons. The van der Waals surface area contributed by atoms with Crippen molar-refractivity contribution in [1.82, 2.24) is 5.32 Å². The lowest BCUT2D eigenvalue weighted by molar-refractivity contribution is 0.520. The molecule has 12 heavy (non-hydrogen) atoms. The van der Waals surface area contributed by atoms with E-state index in [1.807, 2.05) is 0 Å². The molecule has 1 atom stereocenters. The zero-order valence-electron chi connectivity index (χ0n) is 7.84. The summed E-state index contributed by atoms with van der Waals surface area (Å²) in [6, 6.07) is 2.78. The molecule has 1 aromatic rings. The Morgan fingerprint density at radius 3 is 2.83 bits per heavy atom. The zero-order valence-corrected chi connectivity index (χ0v) is 8.66. The van der Waals surface area contributed by atoms with E-state index in [2.05, 4.69) is 36.0 Å². The van der Waals surface area contributed by atoms with Crippen LogP contribution in [0.25, 0.3) is 0 Å². The van der Waals surface area contributed by atoms with Crippen LogP contribution in [0.5, 0.6) is 0 Å². The quantitative estimate of drug-likeness (QED) is 0.739. The second kappa shape index (κ2) is 5.33. The van der Waals surface area contributed by atoms with Crippen molar-refractivity contribution < 1.29 is 0 Å². The van der Waals surface area contributed by atoms with Crippen molar-refractivity contribution in [1.29, 1.82) is 0 Å². The highest BCUT2D eigenvalue weighted by Gasteiger charge is 2.06. The van der Waals surface area contributed by atoms with Crippen LogP contribution in [0, 0.1) is 0 Å². The van der Waals surface area contributed by atoms with Crippen molar-refractivity contribution in [2.45, 2.75) is 32.7 Å². The van der Waals surface area contributed by atoms with Gasteiger partial charge in [-0.3, -0.25) is 0 Å². The Morgan fingerprint density at radius 1 is 1.50 bits per heavy atom. The number of hydrogen-bond donors (Lipinski definition) is 1. The lowest BCUT2D eigenvalue weighted by Crippen LogP contribution is -2.20. The van der Waals surface area contributed by atoms with E-state index < -0.39 is 0 Å². The van der Waals surface area contributed by atoms with E-state index in [-0.39, 0.29) is 0 Å². The summed E-state index contributed by atoms with van der Waals surface area (Å²) in [5, 5.41) is 7.91. The first kappa shape index (κ1) is 9.75. The maximum Gasteiger partial charge on any atom is 0.0325 e. The molecular weight excluding hydrogens is 166 g/mol. The van der Waals surface area contributed by atoms with Gasteiger partial charge in [-0.2, -0.15) is 11.3 Å². The summed E-state index contributed by atoms with van der Waals surface area (Å²) in [5.74, 6) is 0. The lowest BCUT2D eigenvalue weighted by atomic mass is 10.1. The smallest absolute Gasteiger partial charge is 0.0325 e. The van der Waals surface area contributed by atoms with Crippen LogP contribution >= 0.6 is 11.3 Å². The van der Waals surface area contributed by atoms with Gasteiger partial charge in [0, 0.05) is 6.04 Å². The van der Waals surface area contributed by atoms with Crippen LogP contribution in [0.3, 0.4) is 0 Å². The highest BCUT2D eigenvalue weighted by atomic mass is 32.1. The second-order valence-electron chi connectivity index (χ2n) is 2.97. The molecule has 0 aliphatic rings. The minimum atomic E-state index is 0.566. The van der Waals surface area contributed by atoms with E-state index in [1.54, 1.807) is 11.3 Å². The van der Waals surface area contributed by atoms with Crippen molar-refractivity contribution in [2.24, 2.45) is 0 Å². The van der Waals surface area contributed by atoms with Gasteiger partial charge in [-0.25, -0.2) is 0 Å². The van der Waals surface area contributed by atoms with Crippen LogP contribution in [-0.2, 0) is 0 Å². The highest BCUT2D eigenvalue weighted by molar-refractivity contribution is 7.07. The van der Waals surface area contributed by atoms with E-state index in [9.17, 15) is 0 Å². The van der Waals surface area contributed by atoms with Gasteiger partial charge in [0.1, 0.15) is 0 Å². The predicted octanol–water partition coefficient (Wildman–Crippen LogP) is 3.20. The molecule has 0 fully saturated rings. The maximum atomic E-state index is 3.53. The van der Waals surface area contributed by atoms with E-state index in [4.69, 9.17) is 0 Å². The van der Waals surface area contributed by atoms with E-state index in [0.717, 1.165) is 6.54 Å². The van der Waals surface area contributed by atoms with Crippen LogP contribution in [-0.4, -0.2) is 6.54 Å². The molecule has 2 heteroatoms. The molecule has 0 saturated heterocycles. The molecule has 0 saturated carbocycles. The first-order chi connectivity index (χ1) is 5.88. The van der Waals surface area contributed by atoms with Gasteiger partial charge in [-0.15, -0.1) is 0 Å². The first-order valence-electron chi connectivity index (χ1n) is 4.64. The molecule has 0 amide bonds. The minimum Gasteiger partial charge on any atom is -0.310 e. The highest BCUT2D eigenvalue weighted by Crippen LogP contribution is 2.18. The maximum absolute atomic E-state index is 3.53. The third-order valence-electron chi connectivity index (χ3n) is 1.99. The fraction of sp³-hybridized carbons (Fsp3) is 0.600. The van der Waals surface area contributed by atoms with Gasteiger partial charge >= 0.3 is 0 Å². The predicted molar refractivity (Wildman–Crippen MR) is 55.6 cm³/mol. The molecule has 1 unspecified atom stereocenters. The van der Waals surface area contributed by atoms with Gasteiger partial charge in [0.05, 0.1) is 0 Å². The van der Waals surface area contributed by atoms with Gasteiger partial charge in [-0.05, 0) is 41.8 Å². The molecule has 0 aliphatic heterocycles. The molecular formula is C10H17NS. The lowest BCUT2D eigenvalue weighted by Gasteiger charge is -2.14. The Kier molecular flexibility index (Phi) is 4.33. The van der Waals surface area contributed by atoms with Crippen molar-refractivity contribution in [2.75, 3.05) is 6.54 Å². The van der Waals surface area contributed by atoms with E-state index >= 15 is 0 Å². The molecule has 0 bridgehead atoms. The van der Waals surface area contributed by atoms with Crippen molar-refractivity contribution in [3.05, 3.63) is 22.4 Å². The Labute approximate surface area is 78.8 Å². The van der Waals surface area contributed by atoms with Gasteiger partial charge < -0.3 is 5.32 Å². The van der Waals surface area contributed by atoms with Crippen LogP contribution in [0.4, 0.5) is 0 Å². The van der Waals surface area contributed by atoms with Gasteiger partial charge in [0.2, 0.25) is 0 Å². The molecule has 1 nitrogen and oxygen atoms in total. The number of hydrogen-bond acceptors (Lipinski definition) is 2. The van der Waals surface area contributed by atoms with Crippen molar-refractivity contribution in [3.8, 4) is 0 Å². The fourth-order valence-electron chi connectivity index (χ4n) is 1.29. The molecule has 1 rings (SSSR count). The first-order valence-corrected chi connectivity index (χ1v) is 5.58. The van der Waals surface area contributed by atoms with E-state index in [1.165, 1.54) is 18.4 Å². The third-order valence-corrected chi connectivity index (χ3v) is 2.70.